The van der Waals surface area contributed by atoms with Crippen LogP contribution in [0.3, 0.4) is 0 Å². The number of aromatic nitrogens is 2. The van der Waals surface area contributed by atoms with E-state index in [1.807, 2.05) is 4.90 Å². The Morgan fingerprint density at radius 2 is 1.93 bits per heavy atom. The Labute approximate surface area is 175 Å². The third-order valence-corrected chi connectivity index (χ3v) is 5.48. The average molecular weight is 445 g/mol. The van der Waals surface area contributed by atoms with E-state index in [4.69, 9.17) is 16.3 Å². The number of carbonyl (C=O) groups is 2. The fourth-order valence-corrected chi connectivity index (χ4v) is 3.55. The number of aldehydes is 1. The Balaban J connectivity index is 1.68. The maximum Gasteiger partial charge on any atom is 0.436 e. The Morgan fingerprint density at radius 3 is 2.47 bits per heavy atom. The van der Waals surface area contributed by atoms with E-state index in [1.165, 1.54) is 14.0 Å². The van der Waals surface area contributed by atoms with Crippen LogP contribution in [0.5, 0.6) is 5.75 Å². The van der Waals surface area contributed by atoms with Crippen molar-refractivity contribution < 1.29 is 27.5 Å². The van der Waals surface area contributed by atoms with Gasteiger partial charge in [0.15, 0.2) is 12.0 Å². The molecule has 2 heterocycles. The summed E-state index contributed by atoms with van der Waals surface area (Å²) in [6, 6.07) is 5.12. The number of anilines is 1. The number of hydrogen-bond acceptors (Lipinski definition) is 5. The van der Waals surface area contributed by atoms with Crippen molar-refractivity contribution in [2.45, 2.75) is 19.6 Å². The molecule has 0 aliphatic carbocycles. The van der Waals surface area contributed by atoms with Gasteiger partial charge in [-0.15, -0.1) is 0 Å². The van der Waals surface area contributed by atoms with Gasteiger partial charge in [0, 0.05) is 37.8 Å². The van der Waals surface area contributed by atoms with E-state index in [1.54, 1.807) is 23.1 Å². The predicted molar refractivity (Wildman–Crippen MR) is 104 cm³/mol. The highest BCUT2D eigenvalue weighted by molar-refractivity contribution is 6.32. The number of carbonyl (C=O) groups excluding carboxylic acids is 2. The van der Waals surface area contributed by atoms with Crippen molar-refractivity contribution in [2.24, 2.45) is 0 Å². The minimum absolute atomic E-state index is 0.0861. The monoisotopic (exact) mass is 444 g/mol. The molecule has 1 saturated heterocycles. The fraction of sp³-hybridized carbons (Fsp3) is 0.421. The second-order valence-electron chi connectivity index (χ2n) is 6.81. The number of amides is 1. The zero-order valence-corrected chi connectivity index (χ0v) is 17.1. The van der Waals surface area contributed by atoms with Crippen LogP contribution in [0, 0.1) is 6.92 Å². The van der Waals surface area contributed by atoms with Crippen molar-refractivity contribution >= 4 is 29.5 Å². The maximum absolute atomic E-state index is 13.0. The number of nitrogens with zero attached hydrogens (tertiary/aromatic N) is 4. The standard InChI is InChI=1S/C19H20ClF3N4O3/c1-12-17(20)18(19(21,22)23)24-27(12)10-16(29)26-7-5-25(6-8-26)15-9-14(30-2)4-3-13(15)11-28/h3-4,9,11H,5-8,10H2,1-2H3. The van der Waals surface area contributed by atoms with Crippen LogP contribution in [0.4, 0.5) is 18.9 Å². The molecule has 2 aromatic rings. The lowest BCUT2D eigenvalue weighted by Crippen LogP contribution is -2.50. The van der Waals surface area contributed by atoms with Crippen LogP contribution in [0.2, 0.25) is 5.02 Å². The highest BCUT2D eigenvalue weighted by Gasteiger charge is 2.38. The summed E-state index contributed by atoms with van der Waals surface area (Å²) in [6.45, 7) is 2.70. The van der Waals surface area contributed by atoms with Crippen LogP contribution in [0.1, 0.15) is 21.7 Å². The number of piperazine rings is 1. The molecule has 1 aliphatic heterocycles. The lowest BCUT2D eigenvalue weighted by molar-refractivity contribution is -0.142. The molecular weight excluding hydrogens is 425 g/mol. The molecular formula is C19H20ClF3N4O3. The third-order valence-electron chi connectivity index (χ3n) is 5.02. The zero-order chi connectivity index (χ0) is 22.1. The number of ether oxygens (including phenoxy) is 1. The summed E-state index contributed by atoms with van der Waals surface area (Å²) in [6.07, 6.45) is -3.93. The molecule has 0 spiro atoms. The predicted octanol–water partition coefficient (Wildman–Crippen LogP) is 3.03. The van der Waals surface area contributed by atoms with Gasteiger partial charge in [0.25, 0.3) is 0 Å². The number of hydrogen-bond donors (Lipinski definition) is 0. The van der Waals surface area contributed by atoms with Crippen molar-refractivity contribution in [2.75, 3.05) is 38.2 Å². The number of benzene rings is 1. The zero-order valence-electron chi connectivity index (χ0n) is 16.4. The quantitative estimate of drug-likeness (QED) is 0.663. The molecule has 1 amide bonds. The molecule has 0 unspecified atom stereocenters. The van der Waals surface area contributed by atoms with Crippen molar-refractivity contribution in [1.82, 2.24) is 14.7 Å². The molecule has 162 valence electrons. The Hall–Kier alpha value is -2.75. The summed E-state index contributed by atoms with van der Waals surface area (Å²) in [4.78, 5) is 27.5. The molecule has 11 heteroatoms. The van der Waals surface area contributed by atoms with Crippen molar-refractivity contribution in [3.8, 4) is 5.75 Å². The Bertz CT molecular complexity index is 953. The van der Waals surface area contributed by atoms with Gasteiger partial charge in [-0.25, -0.2) is 0 Å². The van der Waals surface area contributed by atoms with E-state index in [9.17, 15) is 22.8 Å². The van der Waals surface area contributed by atoms with Gasteiger partial charge in [0.1, 0.15) is 12.3 Å². The van der Waals surface area contributed by atoms with E-state index in [2.05, 4.69) is 5.10 Å². The van der Waals surface area contributed by atoms with E-state index < -0.39 is 16.9 Å². The lowest BCUT2D eigenvalue weighted by atomic mass is 10.1. The van der Waals surface area contributed by atoms with Crippen LogP contribution < -0.4 is 9.64 Å². The van der Waals surface area contributed by atoms with Gasteiger partial charge < -0.3 is 14.5 Å². The van der Waals surface area contributed by atoms with Crippen LogP contribution >= 0.6 is 11.6 Å². The first-order valence-corrected chi connectivity index (χ1v) is 9.49. The van der Waals surface area contributed by atoms with Gasteiger partial charge in [0.05, 0.1) is 23.5 Å². The second-order valence-corrected chi connectivity index (χ2v) is 7.19. The van der Waals surface area contributed by atoms with Crippen LogP contribution in [-0.2, 0) is 17.5 Å². The topological polar surface area (TPSA) is 67.7 Å². The molecule has 0 bridgehead atoms. The smallest absolute Gasteiger partial charge is 0.436 e. The lowest BCUT2D eigenvalue weighted by Gasteiger charge is -2.36. The van der Waals surface area contributed by atoms with Crippen molar-refractivity contribution in [3.63, 3.8) is 0 Å². The minimum atomic E-state index is -4.69. The number of rotatable bonds is 5. The van der Waals surface area contributed by atoms with Gasteiger partial charge in [-0.2, -0.15) is 18.3 Å². The first-order valence-electron chi connectivity index (χ1n) is 9.11. The summed E-state index contributed by atoms with van der Waals surface area (Å²) in [5, 5.41) is 2.97. The molecule has 0 N–H and O–H groups in total. The van der Waals surface area contributed by atoms with E-state index in [0.29, 0.717) is 43.2 Å². The van der Waals surface area contributed by atoms with Gasteiger partial charge >= 0.3 is 6.18 Å². The highest BCUT2D eigenvalue weighted by atomic mass is 35.5. The van der Waals surface area contributed by atoms with Crippen molar-refractivity contribution in [1.29, 1.82) is 0 Å². The number of halogens is 4. The largest absolute Gasteiger partial charge is 0.497 e. The first kappa shape index (κ1) is 21.9. The molecule has 1 aromatic carbocycles. The summed E-state index contributed by atoms with van der Waals surface area (Å²) in [7, 11) is 1.53. The number of methoxy groups -OCH3 is 1. The molecule has 0 atom stereocenters. The molecule has 1 fully saturated rings. The maximum atomic E-state index is 13.0. The SMILES string of the molecule is COc1ccc(C=O)c(N2CCN(C(=O)Cn3nc(C(F)(F)F)c(Cl)c3C)CC2)c1. The molecule has 0 saturated carbocycles. The molecule has 3 rings (SSSR count). The normalized spacial score (nSPS) is 14.7. The van der Waals surface area contributed by atoms with Crippen LogP contribution in [-0.4, -0.2) is 60.2 Å². The van der Waals surface area contributed by atoms with Crippen LogP contribution in [0.15, 0.2) is 18.2 Å². The summed E-state index contributed by atoms with van der Waals surface area (Å²) in [5.41, 5.74) is 0.111. The Morgan fingerprint density at radius 1 is 1.27 bits per heavy atom. The summed E-state index contributed by atoms with van der Waals surface area (Å²) < 4.78 is 45.1. The molecule has 0 radical (unpaired) electrons. The third kappa shape index (κ3) is 4.38. The summed E-state index contributed by atoms with van der Waals surface area (Å²) >= 11 is 5.73. The van der Waals surface area contributed by atoms with Gasteiger partial charge in [-0.1, -0.05) is 11.6 Å². The van der Waals surface area contributed by atoms with Gasteiger partial charge in [0.2, 0.25) is 5.91 Å². The average Bonchev–Trinajstić information content (AvgIpc) is 3.02. The summed E-state index contributed by atoms with van der Waals surface area (Å²) in [5.74, 6) is 0.257. The molecule has 1 aliphatic rings. The van der Waals surface area contributed by atoms with E-state index in [0.717, 1.165) is 11.0 Å². The van der Waals surface area contributed by atoms with E-state index >= 15 is 0 Å². The first-order chi connectivity index (χ1) is 14.2. The minimum Gasteiger partial charge on any atom is -0.497 e. The highest BCUT2D eigenvalue weighted by Crippen LogP contribution is 2.35. The van der Waals surface area contributed by atoms with Crippen molar-refractivity contribution in [3.05, 3.63) is 40.2 Å². The molecule has 1 aromatic heterocycles. The Kier molecular flexibility index (Phi) is 6.25. The van der Waals surface area contributed by atoms with Crippen LogP contribution in [0.25, 0.3) is 0 Å². The van der Waals surface area contributed by atoms with Gasteiger partial charge in [-0.3, -0.25) is 14.3 Å². The van der Waals surface area contributed by atoms with E-state index in [-0.39, 0.29) is 18.1 Å². The molecule has 30 heavy (non-hydrogen) atoms. The van der Waals surface area contributed by atoms with Gasteiger partial charge in [-0.05, 0) is 19.1 Å². The number of alkyl halides is 3. The fourth-order valence-electron chi connectivity index (χ4n) is 3.31. The second kappa shape index (κ2) is 8.55. The molecule has 7 nitrogen and oxygen atoms in total.